The van der Waals surface area contributed by atoms with Gasteiger partial charge in [-0.1, -0.05) is 0 Å². The van der Waals surface area contributed by atoms with E-state index in [4.69, 9.17) is 16.6 Å². The second-order valence-electron chi connectivity index (χ2n) is 3.72. The fraction of sp³-hybridized carbons (Fsp3) is 0.375. The molecule has 0 amide bonds. The second-order valence-corrected chi connectivity index (χ2v) is 6.87. The lowest BCUT2D eigenvalue weighted by atomic mass is 10.5. The molecular formula is C8H14N8O3S3. The maximum Gasteiger partial charge on any atom is 0.318 e. The van der Waals surface area contributed by atoms with Gasteiger partial charge in [0, 0.05) is 23.3 Å². The maximum atomic E-state index is 10.8. The molecule has 0 aromatic carbocycles. The molecule has 0 atom stereocenters. The van der Waals surface area contributed by atoms with Gasteiger partial charge in [0.2, 0.25) is 5.13 Å². The lowest BCUT2D eigenvalue weighted by Crippen LogP contribution is -2.22. The summed E-state index contributed by atoms with van der Waals surface area (Å²) in [5, 5.41) is 9.40. The average Bonchev–Trinajstić information content (AvgIpc) is 2.79. The van der Waals surface area contributed by atoms with Crippen LogP contribution in [0.25, 0.3) is 0 Å². The molecule has 0 bridgehead atoms. The summed E-state index contributed by atoms with van der Waals surface area (Å²) in [4.78, 5) is 18.1. The van der Waals surface area contributed by atoms with Crippen LogP contribution in [0.4, 0.5) is 5.13 Å². The minimum atomic E-state index is -4.07. The van der Waals surface area contributed by atoms with Crippen molar-refractivity contribution in [3.63, 3.8) is 0 Å². The van der Waals surface area contributed by atoms with Gasteiger partial charge in [0.1, 0.15) is 5.84 Å². The monoisotopic (exact) mass is 366 g/mol. The first-order valence-corrected chi connectivity index (χ1v) is 9.15. The van der Waals surface area contributed by atoms with E-state index in [1.807, 2.05) is 5.43 Å². The van der Waals surface area contributed by atoms with Gasteiger partial charge in [-0.3, -0.25) is 0 Å². The molecule has 1 aromatic rings. The number of guanidine groups is 1. The van der Waals surface area contributed by atoms with E-state index in [1.165, 1.54) is 23.1 Å². The maximum absolute atomic E-state index is 10.8. The summed E-state index contributed by atoms with van der Waals surface area (Å²) >= 11 is 2.75. The van der Waals surface area contributed by atoms with Crippen LogP contribution in [0.15, 0.2) is 20.1 Å². The number of thioether (sulfide) groups is 1. The Morgan fingerprint density at radius 1 is 1.45 bits per heavy atom. The van der Waals surface area contributed by atoms with Crippen molar-refractivity contribution in [2.75, 3.05) is 5.75 Å². The van der Waals surface area contributed by atoms with Gasteiger partial charge in [0.15, 0.2) is 5.96 Å². The first-order valence-electron chi connectivity index (χ1n) is 5.62. The largest absolute Gasteiger partial charge is 0.370 e. The average molecular weight is 366 g/mol. The first kappa shape index (κ1) is 18.3. The molecule has 14 heteroatoms. The highest BCUT2D eigenvalue weighted by atomic mass is 32.2. The molecule has 0 saturated heterocycles. The van der Waals surface area contributed by atoms with Crippen molar-refractivity contribution >= 4 is 50.2 Å². The van der Waals surface area contributed by atoms with Crippen molar-refractivity contribution in [1.29, 1.82) is 0 Å². The third-order valence-electron chi connectivity index (χ3n) is 1.91. The van der Waals surface area contributed by atoms with E-state index in [0.717, 1.165) is 5.69 Å². The Morgan fingerprint density at radius 2 is 2.18 bits per heavy atom. The number of nitroso groups, excluding NO2 is 1. The molecule has 0 saturated carbocycles. The quantitative estimate of drug-likeness (QED) is 0.156. The lowest BCUT2D eigenvalue weighted by molar-refractivity contribution is 0.599. The summed E-state index contributed by atoms with van der Waals surface area (Å²) in [6.45, 7) is 0. The molecule has 0 spiro atoms. The highest BCUT2D eigenvalue weighted by Gasteiger charge is 2.06. The zero-order valence-corrected chi connectivity index (χ0v) is 13.6. The predicted molar refractivity (Wildman–Crippen MR) is 87.8 cm³/mol. The highest BCUT2D eigenvalue weighted by Crippen LogP contribution is 2.22. The van der Waals surface area contributed by atoms with Crippen molar-refractivity contribution in [2.45, 2.75) is 12.2 Å². The molecule has 0 aliphatic rings. The summed E-state index contributed by atoms with van der Waals surface area (Å²) in [5.74, 6) is 0.856. The molecule has 0 aliphatic carbocycles. The van der Waals surface area contributed by atoms with Crippen LogP contribution in [0.1, 0.15) is 12.1 Å². The molecule has 22 heavy (non-hydrogen) atoms. The van der Waals surface area contributed by atoms with Crippen molar-refractivity contribution in [2.24, 2.45) is 31.3 Å². The number of aliphatic imine (C=N–C) groups is 1. The van der Waals surface area contributed by atoms with Crippen LogP contribution in [-0.2, 0) is 16.0 Å². The molecule has 0 aliphatic heterocycles. The normalized spacial score (nSPS) is 12.0. The molecule has 0 unspecified atom stereocenters. The molecule has 0 fully saturated rings. The second kappa shape index (κ2) is 8.62. The third-order valence-corrected chi connectivity index (χ3v) is 4.16. The number of nitrogens with two attached hydrogens (primary N) is 3. The SMILES string of the molecule is NC(N)=Nc1nc(CSCCC(=NS(N)(=O)=O)NN=O)cs1. The van der Waals surface area contributed by atoms with E-state index in [1.54, 1.807) is 5.38 Å². The van der Waals surface area contributed by atoms with Crippen molar-refractivity contribution in [3.8, 4) is 0 Å². The predicted octanol–water partition coefficient (Wildman–Crippen LogP) is -0.456. The summed E-state index contributed by atoms with van der Waals surface area (Å²) in [6, 6.07) is 0. The fourth-order valence-electron chi connectivity index (χ4n) is 1.20. The molecule has 0 radical (unpaired) electrons. The number of amidine groups is 1. The van der Waals surface area contributed by atoms with Crippen LogP contribution in [0.2, 0.25) is 0 Å². The first-order chi connectivity index (χ1) is 10.3. The number of nitrogens with zero attached hydrogens (tertiary/aromatic N) is 4. The van der Waals surface area contributed by atoms with Crippen LogP contribution in [-0.4, -0.2) is 30.9 Å². The zero-order chi connectivity index (χ0) is 16.6. The van der Waals surface area contributed by atoms with Gasteiger partial charge in [0.05, 0.1) is 11.0 Å². The van der Waals surface area contributed by atoms with E-state index < -0.39 is 10.2 Å². The Labute approximate surface area is 134 Å². The third kappa shape index (κ3) is 7.87. The molecule has 1 rings (SSSR count). The van der Waals surface area contributed by atoms with Gasteiger partial charge in [-0.05, 0) is 0 Å². The van der Waals surface area contributed by atoms with Gasteiger partial charge < -0.3 is 11.5 Å². The Kier molecular flexibility index (Phi) is 7.16. The Bertz CT molecular complexity index is 664. The Hall–Kier alpha value is -1.77. The fourth-order valence-corrected chi connectivity index (χ4v) is 3.29. The number of hydrogen-bond donors (Lipinski definition) is 4. The summed E-state index contributed by atoms with van der Waals surface area (Å²) in [7, 11) is -4.07. The number of thiazole rings is 1. The van der Waals surface area contributed by atoms with Gasteiger partial charge in [0.25, 0.3) is 0 Å². The van der Waals surface area contributed by atoms with E-state index in [-0.39, 0.29) is 18.2 Å². The standard InChI is InChI=1S/C8H14N8O3S3/c9-7(10)13-8-12-5(4-21-8)3-20-2-1-6(14-16-17)15-22(11,18)19/h4H,1-3H2,(H2,11,18,19)(H,14,15,17)(H4,9,10,12,13). The van der Waals surface area contributed by atoms with E-state index in [2.05, 4.69) is 19.7 Å². The van der Waals surface area contributed by atoms with Gasteiger partial charge >= 0.3 is 10.2 Å². The number of aromatic nitrogens is 1. The minimum absolute atomic E-state index is 0.0650. The number of nitrogens with one attached hydrogen (secondary N) is 1. The van der Waals surface area contributed by atoms with Crippen LogP contribution >= 0.6 is 23.1 Å². The molecule has 7 N–H and O–H groups in total. The van der Waals surface area contributed by atoms with E-state index >= 15 is 0 Å². The Balaban J connectivity index is 2.46. The minimum Gasteiger partial charge on any atom is -0.370 e. The molecule has 11 nitrogen and oxygen atoms in total. The van der Waals surface area contributed by atoms with E-state index in [0.29, 0.717) is 16.6 Å². The summed E-state index contributed by atoms with van der Waals surface area (Å²) in [5.41, 5.74) is 13.2. The summed E-state index contributed by atoms with van der Waals surface area (Å²) < 4.78 is 24.8. The Morgan fingerprint density at radius 3 is 2.77 bits per heavy atom. The van der Waals surface area contributed by atoms with Crippen LogP contribution < -0.4 is 22.0 Å². The molecule has 1 heterocycles. The molecule has 1 aromatic heterocycles. The van der Waals surface area contributed by atoms with Crippen molar-refractivity contribution in [3.05, 3.63) is 16.0 Å². The smallest absolute Gasteiger partial charge is 0.318 e. The zero-order valence-electron chi connectivity index (χ0n) is 11.2. The lowest BCUT2D eigenvalue weighted by Gasteiger charge is -2.02. The van der Waals surface area contributed by atoms with Crippen molar-refractivity contribution in [1.82, 2.24) is 10.4 Å². The highest BCUT2D eigenvalue weighted by molar-refractivity contribution is 7.98. The van der Waals surface area contributed by atoms with Gasteiger partial charge in [-0.2, -0.15) is 25.2 Å². The van der Waals surface area contributed by atoms with Crippen LogP contribution in [0, 0.1) is 4.91 Å². The van der Waals surface area contributed by atoms with E-state index in [9.17, 15) is 13.3 Å². The van der Waals surface area contributed by atoms with Gasteiger partial charge in [-0.15, -0.1) is 20.6 Å². The topological polar surface area (TPSA) is 191 Å². The van der Waals surface area contributed by atoms with Crippen molar-refractivity contribution < 1.29 is 8.42 Å². The summed E-state index contributed by atoms with van der Waals surface area (Å²) in [6.07, 6.45) is 0.178. The molecular weight excluding hydrogens is 352 g/mol. The van der Waals surface area contributed by atoms with Crippen LogP contribution in [0.3, 0.4) is 0 Å². The van der Waals surface area contributed by atoms with Crippen LogP contribution in [0.5, 0.6) is 0 Å². The number of hydrogen-bond acceptors (Lipinski definition) is 8. The molecule has 122 valence electrons. The van der Waals surface area contributed by atoms with Gasteiger partial charge in [-0.25, -0.2) is 15.5 Å². The number of rotatable bonds is 8.